The predicted molar refractivity (Wildman–Crippen MR) is 106 cm³/mol. The number of methoxy groups -OCH3 is 3. The van der Waals surface area contributed by atoms with E-state index in [4.69, 9.17) is 14.2 Å². The molecule has 1 atom stereocenters. The van der Waals surface area contributed by atoms with Crippen molar-refractivity contribution in [3.63, 3.8) is 0 Å². The topological polar surface area (TPSA) is 72.6 Å². The number of aromatic hydroxyl groups is 1. The molecule has 0 radical (unpaired) electrons. The summed E-state index contributed by atoms with van der Waals surface area (Å²) < 4.78 is 16.1. The van der Waals surface area contributed by atoms with Crippen molar-refractivity contribution >= 4 is 11.4 Å². The first-order valence-corrected chi connectivity index (χ1v) is 8.79. The monoisotopic (exact) mass is 368 g/mol. The van der Waals surface area contributed by atoms with E-state index in [0.717, 1.165) is 28.8 Å². The van der Waals surface area contributed by atoms with Gasteiger partial charge in [0.25, 0.3) is 0 Å². The molecular formula is C21H24N2O4. The Kier molecular flexibility index (Phi) is 5.35. The summed E-state index contributed by atoms with van der Waals surface area (Å²) in [5.41, 5.74) is 4.29. The predicted octanol–water partition coefficient (Wildman–Crippen LogP) is 4.14. The van der Waals surface area contributed by atoms with Crippen molar-refractivity contribution in [1.29, 1.82) is 0 Å². The van der Waals surface area contributed by atoms with Crippen LogP contribution in [0, 0.1) is 0 Å². The smallest absolute Gasteiger partial charge is 0.161 e. The normalized spacial score (nSPS) is 16.0. The second kappa shape index (κ2) is 7.70. The van der Waals surface area contributed by atoms with Crippen LogP contribution in [0.3, 0.4) is 0 Å². The lowest BCUT2D eigenvalue weighted by molar-refractivity contribution is 0.355. The van der Waals surface area contributed by atoms with E-state index in [-0.39, 0.29) is 11.7 Å². The van der Waals surface area contributed by atoms with Crippen molar-refractivity contribution in [3.05, 3.63) is 47.0 Å². The molecule has 0 unspecified atom stereocenters. The van der Waals surface area contributed by atoms with Crippen LogP contribution in [0.2, 0.25) is 0 Å². The van der Waals surface area contributed by atoms with E-state index in [2.05, 4.69) is 17.1 Å². The maximum Gasteiger partial charge on any atom is 0.161 e. The highest BCUT2D eigenvalue weighted by Crippen LogP contribution is 2.38. The average molecular weight is 368 g/mol. The number of phenolic OH excluding ortho intramolecular Hbond substituents is 1. The van der Waals surface area contributed by atoms with E-state index >= 15 is 0 Å². The number of phenols is 1. The zero-order valence-corrected chi connectivity index (χ0v) is 16.2. The van der Waals surface area contributed by atoms with Gasteiger partial charge >= 0.3 is 0 Å². The maximum atomic E-state index is 10.3. The number of rotatable bonds is 5. The summed E-state index contributed by atoms with van der Waals surface area (Å²) in [6.45, 7) is 4.05. The van der Waals surface area contributed by atoms with Gasteiger partial charge in [-0.3, -0.25) is 0 Å². The first-order chi connectivity index (χ1) is 13.0. The zero-order valence-electron chi connectivity index (χ0n) is 16.2. The van der Waals surface area contributed by atoms with Crippen molar-refractivity contribution < 1.29 is 19.3 Å². The van der Waals surface area contributed by atoms with E-state index in [0.29, 0.717) is 23.0 Å². The van der Waals surface area contributed by atoms with Gasteiger partial charge in [0.15, 0.2) is 23.0 Å². The van der Waals surface area contributed by atoms with E-state index < -0.39 is 0 Å². The van der Waals surface area contributed by atoms with Crippen molar-refractivity contribution in [1.82, 2.24) is 0 Å². The molecule has 0 saturated carbocycles. The van der Waals surface area contributed by atoms with E-state index in [1.165, 1.54) is 7.11 Å². The maximum absolute atomic E-state index is 10.3. The molecule has 0 bridgehead atoms. The van der Waals surface area contributed by atoms with Crippen molar-refractivity contribution in [2.75, 3.05) is 21.3 Å². The third-order valence-corrected chi connectivity index (χ3v) is 4.86. The molecule has 0 aromatic heterocycles. The summed E-state index contributed by atoms with van der Waals surface area (Å²) in [5.74, 6) is 1.83. The van der Waals surface area contributed by atoms with E-state index in [9.17, 15) is 5.11 Å². The van der Waals surface area contributed by atoms with Crippen LogP contribution in [0.5, 0.6) is 23.0 Å². The first kappa shape index (κ1) is 18.8. The molecule has 2 aromatic carbocycles. The van der Waals surface area contributed by atoms with Gasteiger partial charge in [0.05, 0.1) is 21.3 Å². The Morgan fingerprint density at radius 3 is 2.26 bits per heavy atom. The Bertz CT molecular complexity index is 919. The number of ether oxygens (including phenoxy) is 3. The Morgan fingerprint density at radius 2 is 1.63 bits per heavy atom. The molecule has 0 saturated heterocycles. The molecule has 1 N–H and O–H groups in total. The zero-order chi connectivity index (χ0) is 19.6. The minimum Gasteiger partial charge on any atom is -0.504 e. The summed E-state index contributed by atoms with van der Waals surface area (Å²) in [6, 6.07) is 9.20. The van der Waals surface area contributed by atoms with Gasteiger partial charge in [-0.05, 0) is 49.2 Å². The van der Waals surface area contributed by atoms with Crippen molar-refractivity contribution in [2.24, 2.45) is 10.2 Å². The average Bonchev–Trinajstić information content (AvgIpc) is 2.82. The molecule has 0 fully saturated rings. The Morgan fingerprint density at radius 1 is 0.926 bits per heavy atom. The second-order valence-corrected chi connectivity index (χ2v) is 6.33. The van der Waals surface area contributed by atoms with Crippen LogP contribution in [0.4, 0.5) is 0 Å². The highest BCUT2D eigenvalue weighted by Gasteiger charge is 2.26. The molecule has 142 valence electrons. The molecule has 2 aromatic rings. The summed E-state index contributed by atoms with van der Waals surface area (Å²) in [4.78, 5) is 0. The number of benzene rings is 2. The van der Waals surface area contributed by atoms with Crippen LogP contribution in [0.25, 0.3) is 0 Å². The fourth-order valence-electron chi connectivity index (χ4n) is 3.43. The quantitative estimate of drug-likeness (QED) is 0.861. The van der Waals surface area contributed by atoms with Gasteiger partial charge < -0.3 is 19.3 Å². The van der Waals surface area contributed by atoms with E-state index in [1.807, 2.05) is 31.2 Å². The minimum atomic E-state index is 0.0678. The molecule has 6 nitrogen and oxygen atoms in total. The van der Waals surface area contributed by atoms with Gasteiger partial charge in [-0.25, -0.2) is 0 Å². The van der Waals surface area contributed by atoms with Gasteiger partial charge in [0.1, 0.15) is 5.71 Å². The molecule has 1 aliphatic heterocycles. The molecule has 6 heteroatoms. The Labute approximate surface area is 159 Å². The number of fused-ring (bicyclic) bond motifs is 1. The second-order valence-electron chi connectivity index (χ2n) is 6.33. The molecule has 1 aliphatic rings. The van der Waals surface area contributed by atoms with Crippen LogP contribution in [-0.4, -0.2) is 37.9 Å². The molecular weight excluding hydrogens is 344 g/mol. The number of nitrogens with zero attached hydrogens (tertiary/aromatic N) is 2. The van der Waals surface area contributed by atoms with Crippen LogP contribution in [0.15, 0.2) is 40.5 Å². The molecule has 1 heterocycles. The summed E-state index contributed by atoms with van der Waals surface area (Å²) in [6.07, 6.45) is 0.850. The largest absolute Gasteiger partial charge is 0.504 e. The van der Waals surface area contributed by atoms with E-state index in [1.54, 1.807) is 20.3 Å². The number of hydrogen-bond donors (Lipinski definition) is 1. The number of hydrogen-bond acceptors (Lipinski definition) is 6. The van der Waals surface area contributed by atoms with Gasteiger partial charge in [0.2, 0.25) is 0 Å². The van der Waals surface area contributed by atoms with Crippen molar-refractivity contribution in [3.8, 4) is 23.0 Å². The van der Waals surface area contributed by atoms with Crippen molar-refractivity contribution in [2.45, 2.75) is 26.2 Å². The van der Waals surface area contributed by atoms with Crippen LogP contribution in [0.1, 0.15) is 42.9 Å². The highest BCUT2D eigenvalue weighted by molar-refractivity contribution is 6.16. The standard InChI is InChI=1S/C21H24N2O4/c1-6-14-12(2)22-23-21(13-7-8-18(25-3)20(9-13)27-5)16-11-19(26-4)17(24)10-15(14)16/h7-11,14,24H,6H2,1-5H3/t14-/m1/s1. The Hall–Kier alpha value is -3.02. The lowest BCUT2D eigenvalue weighted by Crippen LogP contribution is -2.12. The molecule has 27 heavy (non-hydrogen) atoms. The third-order valence-electron chi connectivity index (χ3n) is 4.86. The SMILES string of the molecule is CC[C@@H]1C(C)=NN=C(c2ccc(OC)c(OC)c2)c2cc(OC)c(O)cc21. The van der Waals surface area contributed by atoms with Crippen LogP contribution >= 0.6 is 0 Å². The summed E-state index contributed by atoms with van der Waals surface area (Å²) in [5, 5.41) is 19.3. The van der Waals surface area contributed by atoms with Crippen LogP contribution < -0.4 is 14.2 Å². The lowest BCUT2D eigenvalue weighted by atomic mass is 9.85. The van der Waals surface area contributed by atoms with Gasteiger partial charge in [0, 0.05) is 22.8 Å². The highest BCUT2D eigenvalue weighted by atomic mass is 16.5. The molecule has 0 aliphatic carbocycles. The van der Waals surface area contributed by atoms with Crippen LogP contribution in [-0.2, 0) is 0 Å². The summed E-state index contributed by atoms with van der Waals surface area (Å²) >= 11 is 0. The fourth-order valence-corrected chi connectivity index (χ4v) is 3.43. The lowest BCUT2D eigenvalue weighted by Gasteiger charge is -2.19. The molecule has 0 amide bonds. The minimum absolute atomic E-state index is 0.0678. The molecule has 3 rings (SSSR count). The first-order valence-electron chi connectivity index (χ1n) is 8.79. The molecule has 0 spiro atoms. The summed E-state index contributed by atoms with van der Waals surface area (Å²) in [7, 11) is 4.73. The fraction of sp³-hybridized carbons (Fsp3) is 0.333. The Balaban J connectivity index is 2.25. The van der Waals surface area contributed by atoms with Gasteiger partial charge in [-0.15, -0.1) is 5.10 Å². The third kappa shape index (κ3) is 3.35. The van der Waals surface area contributed by atoms with Gasteiger partial charge in [-0.1, -0.05) is 6.92 Å². The van der Waals surface area contributed by atoms with Gasteiger partial charge in [-0.2, -0.15) is 5.10 Å².